The molecule has 1 aliphatic heterocycles. The maximum Gasteiger partial charge on any atom is 0.264 e. The van der Waals surface area contributed by atoms with Gasteiger partial charge in [0.1, 0.15) is 5.75 Å². The van der Waals surface area contributed by atoms with Gasteiger partial charge in [-0.25, -0.2) is 0 Å². The Kier molecular flexibility index (Phi) is 5.57. The third kappa shape index (κ3) is 4.00. The van der Waals surface area contributed by atoms with Crippen LogP contribution in [0.2, 0.25) is 0 Å². The van der Waals surface area contributed by atoms with Gasteiger partial charge in [0.15, 0.2) is 12.9 Å². The molecular formula is C22H20N2O4S. The number of nitrogens with zero attached hydrogens (tertiary/aromatic N) is 2. The molecule has 148 valence electrons. The number of hydrogen-bond donors (Lipinski definition) is 0. The van der Waals surface area contributed by atoms with Crippen LogP contribution in [0.25, 0.3) is 10.8 Å². The normalized spacial score (nSPS) is 14.1. The molecule has 2 aromatic carbocycles. The van der Waals surface area contributed by atoms with Gasteiger partial charge in [-0.3, -0.25) is 14.4 Å². The van der Waals surface area contributed by atoms with E-state index in [4.69, 9.17) is 4.74 Å². The minimum absolute atomic E-state index is 0.00939. The summed E-state index contributed by atoms with van der Waals surface area (Å²) >= 11 is 1.42. The molecule has 1 aliphatic rings. The molecule has 0 unspecified atom stereocenters. The van der Waals surface area contributed by atoms with Crippen LogP contribution in [0.3, 0.4) is 0 Å². The first-order valence-corrected chi connectivity index (χ1v) is 10.3. The van der Waals surface area contributed by atoms with Crippen molar-refractivity contribution in [3.63, 3.8) is 0 Å². The van der Waals surface area contributed by atoms with Crippen molar-refractivity contribution in [3.8, 4) is 5.75 Å². The first kappa shape index (κ1) is 19.1. The fourth-order valence-corrected chi connectivity index (χ4v) is 4.16. The van der Waals surface area contributed by atoms with E-state index in [9.17, 15) is 14.4 Å². The van der Waals surface area contributed by atoms with E-state index in [1.165, 1.54) is 11.3 Å². The van der Waals surface area contributed by atoms with Crippen molar-refractivity contribution >= 4 is 40.2 Å². The molecule has 29 heavy (non-hydrogen) atoms. The van der Waals surface area contributed by atoms with Gasteiger partial charge >= 0.3 is 0 Å². The van der Waals surface area contributed by atoms with Crippen LogP contribution < -0.4 is 4.74 Å². The third-order valence-corrected chi connectivity index (χ3v) is 5.91. The highest BCUT2D eigenvalue weighted by atomic mass is 32.1. The number of ether oxygens (including phenoxy) is 1. The molecular weight excluding hydrogens is 388 g/mol. The lowest BCUT2D eigenvalue weighted by Gasteiger charge is -2.34. The zero-order valence-electron chi connectivity index (χ0n) is 15.7. The molecule has 6 nitrogen and oxygen atoms in total. The number of carbonyl (C=O) groups is 3. The summed E-state index contributed by atoms with van der Waals surface area (Å²) in [6.45, 7) is 1.79. The molecule has 1 saturated heterocycles. The maximum atomic E-state index is 12.6. The Balaban J connectivity index is 1.36. The van der Waals surface area contributed by atoms with Crippen molar-refractivity contribution in [3.05, 3.63) is 64.4 Å². The summed E-state index contributed by atoms with van der Waals surface area (Å²) in [6, 6.07) is 14.8. The number of fused-ring (bicyclic) bond motifs is 1. The zero-order valence-corrected chi connectivity index (χ0v) is 16.6. The van der Waals surface area contributed by atoms with Crippen LogP contribution in [-0.4, -0.2) is 60.7 Å². The lowest BCUT2D eigenvalue weighted by atomic mass is 10.0. The second kappa shape index (κ2) is 8.45. The van der Waals surface area contributed by atoms with Gasteiger partial charge in [-0.2, -0.15) is 0 Å². The van der Waals surface area contributed by atoms with E-state index >= 15 is 0 Å². The second-order valence-electron chi connectivity index (χ2n) is 6.76. The first-order chi connectivity index (χ1) is 14.2. The highest BCUT2D eigenvalue weighted by molar-refractivity contribution is 7.12. The largest absolute Gasteiger partial charge is 0.483 e. The van der Waals surface area contributed by atoms with Crippen molar-refractivity contribution in [1.29, 1.82) is 0 Å². The summed E-state index contributed by atoms with van der Waals surface area (Å²) in [6.07, 6.45) is 0.761. The van der Waals surface area contributed by atoms with Crippen LogP contribution in [0.4, 0.5) is 0 Å². The van der Waals surface area contributed by atoms with Gasteiger partial charge in [0.2, 0.25) is 0 Å². The second-order valence-corrected chi connectivity index (χ2v) is 7.70. The minimum Gasteiger partial charge on any atom is -0.483 e. The summed E-state index contributed by atoms with van der Waals surface area (Å²) in [5.41, 5.74) is 0.447. The van der Waals surface area contributed by atoms with E-state index in [1.54, 1.807) is 15.9 Å². The number of benzene rings is 2. The Labute approximate surface area is 172 Å². The molecule has 0 radical (unpaired) electrons. The number of aldehydes is 1. The predicted octanol–water partition coefficient (Wildman–Crippen LogP) is 3.08. The SMILES string of the molecule is O=Cc1c(OCC(=O)N2CCN(C(=O)c3cccs3)CC2)ccc2ccccc12. The van der Waals surface area contributed by atoms with Gasteiger partial charge in [0.05, 0.1) is 10.4 Å². The van der Waals surface area contributed by atoms with E-state index in [1.807, 2.05) is 47.8 Å². The van der Waals surface area contributed by atoms with Crippen LogP contribution in [0.15, 0.2) is 53.9 Å². The van der Waals surface area contributed by atoms with Crippen molar-refractivity contribution < 1.29 is 19.1 Å². The van der Waals surface area contributed by atoms with E-state index in [-0.39, 0.29) is 18.4 Å². The van der Waals surface area contributed by atoms with Gasteiger partial charge in [0, 0.05) is 26.2 Å². The van der Waals surface area contributed by atoms with Crippen LogP contribution in [-0.2, 0) is 4.79 Å². The summed E-state index contributed by atoms with van der Waals surface area (Å²) in [4.78, 5) is 40.7. The molecule has 0 atom stereocenters. The standard InChI is InChI=1S/C22H20N2O4S/c25-14-18-17-5-2-1-4-16(17)7-8-19(18)28-15-21(26)23-9-11-24(12-10-23)22(27)20-6-3-13-29-20/h1-8,13-14H,9-12,15H2. The van der Waals surface area contributed by atoms with E-state index in [0.717, 1.165) is 17.1 Å². The summed E-state index contributed by atoms with van der Waals surface area (Å²) < 4.78 is 5.68. The molecule has 3 aromatic rings. The van der Waals surface area contributed by atoms with E-state index in [0.29, 0.717) is 42.4 Å². The summed E-state index contributed by atoms with van der Waals surface area (Å²) in [5.74, 6) is 0.256. The van der Waals surface area contributed by atoms with Gasteiger partial charge in [-0.05, 0) is 28.3 Å². The van der Waals surface area contributed by atoms with Crippen molar-refractivity contribution in [2.75, 3.05) is 32.8 Å². The molecule has 1 aromatic heterocycles. The molecule has 2 amide bonds. The number of amides is 2. The average molecular weight is 408 g/mol. The zero-order chi connectivity index (χ0) is 20.2. The molecule has 1 fully saturated rings. The van der Waals surface area contributed by atoms with Crippen LogP contribution in [0.1, 0.15) is 20.0 Å². The number of carbonyl (C=O) groups excluding carboxylic acids is 3. The fourth-order valence-electron chi connectivity index (χ4n) is 3.47. The smallest absolute Gasteiger partial charge is 0.264 e. The number of hydrogen-bond acceptors (Lipinski definition) is 5. The van der Waals surface area contributed by atoms with E-state index in [2.05, 4.69) is 0 Å². The third-order valence-electron chi connectivity index (χ3n) is 5.05. The molecule has 0 aliphatic carbocycles. The Morgan fingerprint density at radius 2 is 1.72 bits per heavy atom. The number of thiophene rings is 1. The van der Waals surface area contributed by atoms with Crippen LogP contribution >= 0.6 is 11.3 Å². The minimum atomic E-state index is -0.154. The molecule has 0 saturated carbocycles. The lowest BCUT2D eigenvalue weighted by Crippen LogP contribution is -2.51. The lowest BCUT2D eigenvalue weighted by molar-refractivity contribution is -0.134. The van der Waals surface area contributed by atoms with Crippen LogP contribution in [0.5, 0.6) is 5.75 Å². The quantitative estimate of drug-likeness (QED) is 0.609. The van der Waals surface area contributed by atoms with E-state index < -0.39 is 0 Å². The molecule has 0 N–H and O–H groups in total. The topological polar surface area (TPSA) is 66.9 Å². The first-order valence-electron chi connectivity index (χ1n) is 9.37. The highest BCUT2D eigenvalue weighted by Gasteiger charge is 2.25. The monoisotopic (exact) mass is 408 g/mol. The molecule has 0 spiro atoms. The number of piperazine rings is 1. The van der Waals surface area contributed by atoms with Gasteiger partial charge in [0.25, 0.3) is 11.8 Å². The highest BCUT2D eigenvalue weighted by Crippen LogP contribution is 2.26. The Morgan fingerprint density at radius 3 is 2.45 bits per heavy atom. The van der Waals surface area contributed by atoms with Crippen molar-refractivity contribution in [1.82, 2.24) is 9.80 Å². The maximum absolute atomic E-state index is 12.6. The average Bonchev–Trinajstić information content (AvgIpc) is 3.31. The Morgan fingerprint density at radius 1 is 0.966 bits per heavy atom. The van der Waals surface area contributed by atoms with Crippen molar-refractivity contribution in [2.24, 2.45) is 0 Å². The summed E-state index contributed by atoms with van der Waals surface area (Å²) in [5, 5.41) is 3.62. The molecule has 7 heteroatoms. The van der Waals surface area contributed by atoms with Crippen LogP contribution in [0, 0.1) is 0 Å². The Hall–Kier alpha value is -3.19. The number of rotatable bonds is 5. The fraction of sp³-hybridized carbons (Fsp3) is 0.227. The Bertz CT molecular complexity index is 1040. The molecule has 2 heterocycles. The van der Waals surface area contributed by atoms with Gasteiger partial charge in [-0.15, -0.1) is 11.3 Å². The predicted molar refractivity (Wildman–Crippen MR) is 112 cm³/mol. The van der Waals surface area contributed by atoms with Gasteiger partial charge < -0.3 is 14.5 Å². The van der Waals surface area contributed by atoms with Gasteiger partial charge in [-0.1, -0.05) is 36.4 Å². The van der Waals surface area contributed by atoms with Crippen molar-refractivity contribution in [2.45, 2.75) is 0 Å². The molecule has 0 bridgehead atoms. The summed E-state index contributed by atoms with van der Waals surface area (Å²) in [7, 11) is 0. The molecule has 4 rings (SSSR count).